The van der Waals surface area contributed by atoms with Crippen LogP contribution >= 0.6 is 11.8 Å². The zero-order chi connectivity index (χ0) is 16.9. The van der Waals surface area contributed by atoms with Crippen molar-refractivity contribution >= 4 is 17.7 Å². The third-order valence-corrected chi connectivity index (χ3v) is 4.54. The van der Waals surface area contributed by atoms with Crippen LogP contribution in [0, 0.1) is 13.8 Å². The molecule has 0 bridgehead atoms. The first-order valence-electron chi connectivity index (χ1n) is 7.42. The van der Waals surface area contributed by atoms with E-state index in [0.29, 0.717) is 17.5 Å². The summed E-state index contributed by atoms with van der Waals surface area (Å²) in [6.45, 7) is 4.43. The number of thioether (sulfide) groups is 1. The predicted molar refractivity (Wildman–Crippen MR) is 89.9 cm³/mol. The summed E-state index contributed by atoms with van der Waals surface area (Å²) < 4.78 is 6.84. The van der Waals surface area contributed by atoms with Gasteiger partial charge in [0.1, 0.15) is 5.76 Å². The van der Waals surface area contributed by atoms with Crippen LogP contribution in [-0.2, 0) is 11.3 Å². The van der Waals surface area contributed by atoms with Crippen LogP contribution < -0.4 is 5.32 Å². The average molecular weight is 343 g/mol. The van der Waals surface area contributed by atoms with Gasteiger partial charge in [-0.15, -0.1) is 5.10 Å². The number of hydrogen-bond acceptors (Lipinski definition) is 6. The Morgan fingerprint density at radius 3 is 2.96 bits per heavy atom. The number of benzene rings is 1. The molecule has 2 aromatic heterocycles. The molecule has 1 N–H and O–H groups in total. The molecule has 0 spiro atoms. The Kier molecular flexibility index (Phi) is 4.95. The van der Waals surface area contributed by atoms with Gasteiger partial charge in [-0.05, 0) is 53.6 Å². The van der Waals surface area contributed by atoms with Crippen LogP contribution in [0.5, 0.6) is 0 Å². The second-order valence-electron chi connectivity index (χ2n) is 5.24. The van der Waals surface area contributed by atoms with Crippen LogP contribution in [0.1, 0.15) is 16.9 Å². The first-order valence-corrected chi connectivity index (χ1v) is 8.40. The van der Waals surface area contributed by atoms with Gasteiger partial charge in [0.25, 0.3) is 0 Å². The van der Waals surface area contributed by atoms with Crippen molar-refractivity contribution in [3.05, 3.63) is 53.5 Å². The third-order valence-electron chi connectivity index (χ3n) is 3.62. The quantitative estimate of drug-likeness (QED) is 0.691. The van der Waals surface area contributed by atoms with E-state index in [0.717, 1.165) is 16.8 Å². The fraction of sp³-hybridized carbons (Fsp3) is 0.250. The van der Waals surface area contributed by atoms with E-state index in [2.05, 4.69) is 20.8 Å². The van der Waals surface area contributed by atoms with Gasteiger partial charge in [0.15, 0.2) is 0 Å². The van der Waals surface area contributed by atoms with E-state index in [-0.39, 0.29) is 11.7 Å². The van der Waals surface area contributed by atoms with Gasteiger partial charge in [0, 0.05) is 0 Å². The lowest BCUT2D eigenvalue weighted by Crippen LogP contribution is -2.24. The highest BCUT2D eigenvalue weighted by atomic mass is 32.2. The second kappa shape index (κ2) is 7.31. The average Bonchev–Trinajstić information content (AvgIpc) is 3.25. The lowest BCUT2D eigenvalue weighted by atomic mass is 10.1. The molecule has 3 rings (SSSR count). The standard InChI is InChI=1S/C16H17N5O2S/c1-11-5-3-7-14(12(11)2)21-16(18-19-20-21)24-10-15(22)17-9-13-6-4-8-23-13/h3-8H,9-10H2,1-2H3,(H,17,22). The van der Waals surface area contributed by atoms with Crippen LogP contribution in [0.3, 0.4) is 0 Å². The lowest BCUT2D eigenvalue weighted by molar-refractivity contribution is -0.118. The Bertz CT molecular complexity index is 829. The van der Waals surface area contributed by atoms with Crippen molar-refractivity contribution < 1.29 is 9.21 Å². The number of amides is 1. The maximum absolute atomic E-state index is 12.0. The van der Waals surface area contributed by atoms with Gasteiger partial charge in [-0.1, -0.05) is 23.9 Å². The van der Waals surface area contributed by atoms with Crippen molar-refractivity contribution in [1.29, 1.82) is 0 Å². The molecule has 24 heavy (non-hydrogen) atoms. The highest BCUT2D eigenvalue weighted by Gasteiger charge is 2.13. The van der Waals surface area contributed by atoms with Crippen LogP contribution in [0.4, 0.5) is 0 Å². The zero-order valence-corrected chi connectivity index (χ0v) is 14.2. The first kappa shape index (κ1) is 16.3. The summed E-state index contributed by atoms with van der Waals surface area (Å²) in [5.41, 5.74) is 3.18. The second-order valence-corrected chi connectivity index (χ2v) is 6.18. The van der Waals surface area contributed by atoms with Gasteiger partial charge in [-0.3, -0.25) is 4.79 Å². The first-order chi connectivity index (χ1) is 11.6. The molecule has 0 aliphatic carbocycles. The van der Waals surface area contributed by atoms with Crippen molar-refractivity contribution in [2.75, 3.05) is 5.75 Å². The number of aryl methyl sites for hydroxylation is 1. The molecular formula is C16H17N5O2S. The molecule has 1 amide bonds. The topological polar surface area (TPSA) is 85.8 Å². The summed E-state index contributed by atoms with van der Waals surface area (Å²) in [5.74, 6) is 0.840. The predicted octanol–water partition coefficient (Wildman–Crippen LogP) is 2.28. The molecule has 0 aliphatic rings. The molecule has 124 valence electrons. The number of nitrogens with zero attached hydrogens (tertiary/aromatic N) is 4. The molecule has 1 aromatic carbocycles. The Hall–Kier alpha value is -2.61. The number of carbonyl (C=O) groups excluding carboxylic acids is 1. The summed E-state index contributed by atoms with van der Waals surface area (Å²) in [6, 6.07) is 9.56. The Labute approximate surface area is 143 Å². The molecule has 0 fully saturated rings. The van der Waals surface area contributed by atoms with Crippen LogP contribution in [0.2, 0.25) is 0 Å². The van der Waals surface area contributed by atoms with Gasteiger partial charge in [-0.2, -0.15) is 4.68 Å². The minimum atomic E-state index is -0.105. The number of nitrogens with one attached hydrogen (secondary N) is 1. The number of tetrazole rings is 1. The fourth-order valence-corrected chi connectivity index (χ4v) is 2.88. The smallest absolute Gasteiger partial charge is 0.230 e. The summed E-state index contributed by atoms with van der Waals surface area (Å²) in [7, 11) is 0. The van der Waals surface area contributed by atoms with E-state index in [1.165, 1.54) is 11.8 Å². The van der Waals surface area contributed by atoms with Crippen LogP contribution in [0.25, 0.3) is 5.69 Å². The minimum Gasteiger partial charge on any atom is -0.467 e. The summed E-state index contributed by atoms with van der Waals surface area (Å²) in [6.07, 6.45) is 1.58. The zero-order valence-electron chi connectivity index (χ0n) is 13.4. The molecule has 0 unspecified atom stereocenters. The van der Waals surface area contributed by atoms with Crippen LogP contribution in [-0.4, -0.2) is 31.9 Å². The van der Waals surface area contributed by atoms with Crippen molar-refractivity contribution in [3.8, 4) is 5.69 Å². The molecular weight excluding hydrogens is 326 g/mol. The van der Waals surface area contributed by atoms with E-state index in [1.807, 2.05) is 38.1 Å². The van der Waals surface area contributed by atoms with Crippen molar-refractivity contribution in [3.63, 3.8) is 0 Å². The summed E-state index contributed by atoms with van der Waals surface area (Å²) in [5, 5.41) is 15.2. The normalized spacial score (nSPS) is 10.8. The number of aromatic nitrogens is 4. The van der Waals surface area contributed by atoms with Crippen molar-refractivity contribution in [2.24, 2.45) is 0 Å². The molecule has 3 aromatic rings. The highest BCUT2D eigenvalue weighted by Crippen LogP contribution is 2.22. The van der Waals surface area contributed by atoms with Gasteiger partial charge >= 0.3 is 0 Å². The van der Waals surface area contributed by atoms with E-state index < -0.39 is 0 Å². The van der Waals surface area contributed by atoms with Crippen molar-refractivity contribution in [1.82, 2.24) is 25.5 Å². The molecule has 0 atom stereocenters. The number of rotatable bonds is 6. The number of hydrogen-bond donors (Lipinski definition) is 1. The molecule has 7 nitrogen and oxygen atoms in total. The van der Waals surface area contributed by atoms with Gasteiger partial charge in [-0.25, -0.2) is 0 Å². The van der Waals surface area contributed by atoms with E-state index >= 15 is 0 Å². The molecule has 0 saturated heterocycles. The third kappa shape index (κ3) is 3.65. The summed E-state index contributed by atoms with van der Waals surface area (Å²) in [4.78, 5) is 12.0. The molecule has 0 aliphatic heterocycles. The Morgan fingerprint density at radius 2 is 2.17 bits per heavy atom. The fourth-order valence-electron chi connectivity index (χ4n) is 2.17. The highest BCUT2D eigenvalue weighted by molar-refractivity contribution is 7.99. The Morgan fingerprint density at radius 1 is 1.29 bits per heavy atom. The summed E-state index contributed by atoms with van der Waals surface area (Å²) >= 11 is 1.29. The Balaban J connectivity index is 1.63. The van der Waals surface area contributed by atoms with Gasteiger partial charge < -0.3 is 9.73 Å². The SMILES string of the molecule is Cc1cccc(-n2nnnc2SCC(=O)NCc2ccco2)c1C. The maximum atomic E-state index is 12.0. The van der Waals surface area contributed by atoms with Crippen molar-refractivity contribution in [2.45, 2.75) is 25.5 Å². The molecule has 2 heterocycles. The van der Waals surface area contributed by atoms with Gasteiger partial charge in [0.05, 0.1) is 24.2 Å². The minimum absolute atomic E-state index is 0.105. The van der Waals surface area contributed by atoms with Crippen LogP contribution in [0.15, 0.2) is 46.2 Å². The molecule has 0 radical (unpaired) electrons. The maximum Gasteiger partial charge on any atom is 0.230 e. The van der Waals surface area contributed by atoms with E-state index in [1.54, 1.807) is 17.0 Å². The number of furan rings is 1. The molecule has 0 saturated carbocycles. The largest absolute Gasteiger partial charge is 0.467 e. The van der Waals surface area contributed by atoms with E-state index in [4.69, 9.17) is 4.42 Å². The monoisotopic (exact) mass is 343 g/mol. The lowest BCUT2D eigenvalue weighted by Gasteiger charge is -2.09. The van der Waals surface area contributed by atoms with Gasteiger partial charge in [0.2, 0.25) is 11.1 Å². The van der Waals surface area contributed by atoms with E-state index in [9.17, 15) is 4.79 Å². The number of carbonyl (C=O) groups is 1. The molecule has 8 heteroatoms.